The molecule has 9 aromatic carbocycles. The molecule has 0 bridgehead atoms. The lowest BCUT2D eigenvalue weighted by atomic mass is 9.31. The number of para-hydroxylation sites is 1. The van der Waals surface area contributed by atoms with E-state index in [1.54, 1.807) is 0 Å². The Hall–Kier alpha value is -8.15. The molecule has 0 amide bonds. The average molecular weight is 1080 g/mol. The average Bonchev–Trinajstić information content (AvgIpc) is 3.26. The number of anilines is 12. The molecule has 412 valence electrons. The molecule has 0 N–H and O–H groups in total. The minimum Gasteiger partial charge on any atom is -0.468 e. The topological polar surface area (TPSA) is 26.1 Å². The van der Waals surface area contributed by atoms with Crippen LogP contribution >= 0.6 is 0 Å². The number of rotatable bonds is 4. The number of nitrogens with zero attached hydrogens (tertiary/aromatic N) is 4. The Morgan fingerprint density at radius 2 is 0.639 bits per heavy atom. The van der Waals surface area contributed by atoms with E-state index in [0.29, 0.717) is 0 Å². The predicted molar refractivity (Wildman–Crippen MR) is 358 cm³/mol. The van der Waals surface area contributed by atoms with Gasteiger partial charge in [0.1, 0.15) is 5.58 Å². The molecule has 0 fully saturated rings. The van der Waals surface area contributed by atoms with Gasteiger partial charge in [-0.1, -0.05) is 195 Å². The molecule has 4 aliphatic rings. The molecule has 4 aliphatic heterocycles. The van der Waals surface area contributed by atoms with Gasteiger partial charge in [0.15, 0.2) is 0 Å². The largest absolute Gasteiger partial charge is 0.468 e. The van der Waals surface area contributed by atoms with Gasteiger partial charge in [-0.2, -0.15) is 0 Å². The van der Waals surface area contributed by atoms with E-state index >= 15 is 0 Å². The number of hydrogen-bond acceptors (Lipinski definition) is 5. The molecule has 5 heterocycles. The van der Waals surface area contributed by atoms with Crippen molar-refractivity contribution in [1.29, 1.82) is 0 Å². The highest BCUT2D eigenvalue weighted by molar-refractivity contribution is 7.03. The Labute approximate surface area is 493 Å². The Bertz CT molecular complexity index is 4230. The SMILES string of the molecule is CC(C)(C)c1ccc(N2c3ccccc3B3c4cc5c(cc4N(c4ccc(C(C)(C)C)cc4)c4cccc2c43)N(c2ccc(C(C)(C)C)cc2)c2cccc3c2B5c2oc4ccc(C(C)(C)C)cc4c2N3c2ccc(C(C)(C)C)cc2)cc1. The molecule has 83 heavy (non-hydrogen) atoms. The first kappa shape index (κ1) is 52.9. The Balaban J connectivity index is 1.08. The molecule has 7 heteroatoms. The number of benzene rings is 9. The van der Waals surface area contributed by atoms with E-state index in [1.165, 1.54) is 77.9 Å². The molecule has 0 radical (unpaired) electrons. The molecule has 0 saturated carbocycles. The molecule has 5 nitrogen and oxygen atoms in total. The van der Waals surface area contributed by atoms with Crippen LogP contribution in [0.1, 0.15) is 132 Å². The van der Waals surface area contributed by atoms with E-state index in [9.17, 15) is 0 Å². The molecule has 10 aromatic rings. The van der Waals surface area contributed by atoms with Crippen LogP contribution in [0.15, 0.2) is 192 Å². The first-order valence-electron chi connectivity index (χ1n) is 30.1. The van der Waals surface area contributed by atoms with Gasteiger partial charge in [0, 0.05) is 67.9 Å². The quantitative estimate of drug-likeness (QED) is 0.164. The van der Waals surface area contributed by atoms with Gasteiger partial charge in [0.05, 0.1) is 11.3 Å². The van der Waals surface area contributed by atoms with Gasteiger partial charge in [-0.15, -0.1) is 0 Å². The fourth-order valence-corrected chi connectivity index (χ4v) is 13.8. The van der Waals surface area contributed by atoms with Crippen LogP contribution in [0.4, 0.5) is 68.2 Å². The zero-order valence-electron chi connectivity index (χ0n) is 51.2. The van der Waals surface area contributed by atoms with E-state index in [-0.39, 0.29) is 40.5 Å². The van der Waals surface area contributed by atoms with Crippen molar-refractivity contribution in [1.82, 2.24) is 0 Å². The van der Waals surface area contributed by atoms with E-state index < -0.39 is 0 Å². The van der Waals surface area contributed by atoms with Gasteiger partial charge < -0.3 is 24.0 Å². The lowest BCUT2D eigenvalue weighted by Crippen LogP contribution is -2.65. The second-order valence-corrected chi connectivity index (χ2v) is 29.1. The molecule has 0 aliphatic carbocycles. The summed E-state index contributed by atoms with van der Waals surface area (Å²) < 4.78 is 7.57. The summed E-state index contributed by atoms with van der Waals surface area (Å²) in [4.78, 5) is 10.2. The summed E-state index contributed by atoms with van der Waals surface area (Å²) >= 11 is 0. The normalized spacial score (nSPS) is 14.5. The fourth-order valence-electron chi connectivity index (χ4n) is 13.8. The predicted octanol–water partition coefficient (Wildman–Crippen LogP) is 17.1. The van der Waals surface area contributed by atoms with Crippen LogP contribution in [0.3, 0.4) is 0 Å². The van der Waals surface area contributed by atoms with Crippen molar-refractivity contribution in [2.45, 2.75) is 131 Å². The van der Waals surface area contributed by atoms with E-state index in [0.717, 1.165) is 62.1 Å². The minimum absolute atomic E-state index is 0.00000151. The van der Waals surface area contributed by atoms with Crippen molar-refractivity contribution in [2.75, 3.05) is 19.6 Å². The maximum absolute atomic E-state index is 7.57. The molecular formula is C76H76B2N4O. The molecule has 14 rings (SSSR count). The molecule has 0 spiro atoms. The molecule has 0 unspecified atom stereocenters. The van der Waals surface area contributed by atoms with Crippen molar-refractivity contribution in [2.24, 2.45) is 0 Å². The highest BCUT2D eigenvalue weighted by atomic mass is 16.3. The van der Waals surface area contributed by atoms with Crippen molar-refractivity contribution < 1.29 is 4.42 Å². The van der Waals surface area contributed by atoms with Gasteiger partial charge in [-0.05, 0) is 179 Å². The summed E-state index contributed by atoms with van der Waals surface area (Å²) in [6.07, 6.45) is 0. The second-order valence-electron chi connectivity index (χ2n) is 29.1. The molecule has 0 saturated heterocycles. The van der Waals surface area contributed by atoms with Crippen molar-refractivity contribution in [3.63, 3.8) is 0 Å². The molecule has 0 atom stereocenters. The van der Waals surface area contributed by atoms with Crippen LogP contribution in [0, 0.1) is 0 Å². The number of furan rings is 1. The van der Waals surface area contributed by atoms with Gasteiger partial charge in [-0.3, -0.25) is 0 Å². The highest BCUT2D eigenvalue weighted by Gasteiger charge is 2.50. The summed E-state index contributed by atoms with van der Waals surface area (Å²) in [6, 6.07) is 72.5. The zero-order valence-corrected chi connectivity index (χ0v) is 51.2. The maximum atomic E-state index is 7.57. The lowest BCUT2D eigenvalue weighted by Gasteiger charge is -2.46. The number of fused-ring (bicyclic) bond motifs is 10. The monoisotopic (exact) mass is 1080 g/mol. The van der Waals surface area contributed by atoms with Gasteiger partial charge in [-0.25, -0.2) is 0 Å². The Morgan fingerprint density at radius 3 is 1.07 bits per heavy atom. The number of hydrogen-bond donors (Lipinski definition) is 0. The zero-order chi connectivity index (χ0) is 58.0. The summed E-state index contributed by atoms with van der Waals surface area (Å²) in [5, 5.41) is 1.13. The Kier molecular flexibility index (Phi) is 11.6. The first-order valence-corrected chi connectivity index (χ1v) is 30.1. The Morgan fingerprint density at radius 1 is 0.289 bits per heavy atom. The third-order valence-electron chi connectivity index (χ3n) is 18.4. The van der Waals surface area contributed by atoms with Crippen LogP contribution in [0.2, 0.25) is 0 Å². The third-order valence-corrected chi connectivity index (χ3v) is 18.4. The summed E-state index contributed by atoms with van der Waals surface area (Å²) in [7, 11) is 0. The highest BCUT2D eigenvalue weighted by Crippen LogP contribution is 2.51. The lowest BCUT2D eigenvalue weighted by molar-refractivity contribution is 0.590. The summed E-state index contributed by atoms with van der Waals surface area (Å²) in [5.74, 6) is 0. The standard InChI is InChI=1S/C76H76B2N4O/c1-72(2,3)47-26-35-52(36-27-47)79-60-21-17-16-20-57(60)77-58-45-59-66(46-65(58)80(62-23-18-22-61(79)68(62)77)53-37-28-48(29-38-53)73(4,5)6)81(54-39-30-49(31-40-54)74(7,8)9)63-24-19-25-64-69(63)78(59)71-70(56-44-51(76(13,14)15)34-43-67(56)83-71)82(64)55-41-32-50(33-42-55)75(10,11)12/h16-46H,1-15H3. The van der Waals surface area contributed by atoms with Gasteiger partial charge in [0.2, 0.25) is 0 Å². The fraction of sp³-hybridized carbons (Fsp3) is 0.263. The molecular weight excluding hydrogens is 1010 g/mol. The van der Waals surface area contributed by atoms with Crippen LogP contribution in [-0.4, -0.2) is 13.4 Å². The smallest absolute Gasteiger partial charge is 0.297 e. The van der Waals surface area contributed by atoms with E-state index in [1.807, 2.05) is 0 Å². The summed E-state index contributed by atoms with van der Waals surface area (Å²) in [6.45, 7) is 34.2. The second kappa shape index (κ2) is 18.2. The van der Waals surface area contributed by atoms with Crippen molar-refractivity contribution in [3.8, 4) is 0 Å². The first-order chi connectivity index (χ1) is 39.3. The van der Waals surface area contributed by atoms with Crippen molar-refractivity contribution in [3.05, 3.63) is 216 Å². The van der Waals surface area contributed by atoms with Crippen LogP contribution in [-0.2, 0) is 27.1 Å². The van der Waals surface area contributed by atoms with Gasteiger partial charge >= 0.3 is 0 Å². The molecule has 1 aromatic heterocycles. The van der Waals surface area contributed by atoms with Crippen LogP contribution in [0.5, 0.6) is 0 Å². The van der Waals surface area contributed by atoms with Gasteiger partial charge in [0.25, 0.3) is 13.4 Å². The third kappa shape index (κ3) is 8.34. The van der Waals surface area contributed by atoms with Crippen molar-refractivity contribution >= 4 is 126 Å². The minimum atomic E-state index is -0.245. The maximum Gasteiger partial charge on any atom is 0.297 e. The van der Waals surface area contributed by atoms with E-state index in [2.05, 4.69) is 312 Å². The van der Waals surface area contributed by atoms with Crippen LogP contribution in [0.25, 0.3) is 11.0 Å². The van der Waals surface area contributed by atoms with E-state index in [4.69, 9.17) is 4.42 Å². The summed E-state index contributed by atoms with van der Waals surface area (Å²) in [5.41, 5.74) is 28.5. The van der Waals surface area contributed by atoms with Crippen LogP contribution < -0.4 is 52.6 Å².